The SMILES string of the molecule is Cc1nsc(SCc2cccc(C(=O)O)c2)n1. The highest BCUT2D eigenvalue weighted by Gasteiger charge is 2.05. The number of carboxylic acids is 1. The van der Waals surface area contributed by atoms with Crippen molar-refractivity contribution in [2.24, 2.45) is 0 Å². The van der Waals surface area contributed by atoms with E-state index in [4.69, 9.17) is 5.11 Å². The van der Waals surface area contributed by atoms with Crippen LogP contribution < -0.4 is 0 Å². The number of carboxylic acid groups (broad SMARTS) is 1. The fraction of sp³-hybridized carbons (Fsp3) is 0.182. The van der Waals surface area contributed by atoms with E-state index < -0.39 is 5.97 Å². The molecule has 17 heavy (non-hydrogen) atoms. The summed E-state index contributed by atoms with van der Waals surface area (Å²) in [4.78, 5) is 15.0. The number of benzene rings is 1. The summed E-state index contributed by atoms with van der Waals surface area (Å²) in [6.07, 6.45) is 0. The molecule has 0 fully saturated rings. The summed E-state index contributed by atoms with van der Waals surface area (Å²) in [5, 5.41) is 8.87. The van der Waals surface area contributed by atoms with Crippen LogP contribution in [-0.2, 0) is 5.75 Å². The molecule has 0 aliphatic rings. The van der Waals surface area contributed by atoms with E-state index in [2.05, 4.69) is 9.36 Å². The van der Waals surface area contributed by atoms with E-state index in [-0.39, 0.29) is 0 Å². The van der Waals surface area contributed by atoms with Gasteiger partial charge >= 0.3 is 5.97 Å². The molecule has 1 aromatic carbocycles. The molecule has 2 rings (SSSR count). The number of rotatable bonds is 4. The van der Waals surface area contributed by atoms with Gasteiger partial charge in [0.05, 0.1) is 5.56 Å². The molecule has 0 aliphatic carbocycles. The highest BCUT2D eigenvalue weighted by molar-refractivity contribution is 8.00. The summed E-state index contributed by atoms with van der Waals surface area (Å²) in [6.45, 7) is 1.85. The van der Waals surface area contributed by atoms with E-state index >= 15 is 0 Å². The third-order valence-electron chi connectivity index (χ3n) is 2.05. The quantitative estimate of drug-likeness (QED) is 0.862. The van der Waals surface area contributed by atoms with Crippen molar-refractivity contribution < 1.29 is 9.90 Å². The predicted molar refractivity (Wildman–Crippen MR) is 67.6 cm³/mol. The average Bonchev–Trinajstić information content (AvgIpc) is 2.73. The zero-order valence-corrected chi connectivity index (χ0v) is 10.7. The lowest BCUT2D eigenvalue weighted by Gasteiger charge is -2.00. The van der Waals surface area contributed by atoms with Gasteiger partial charge in [-0.2, -0.15) is 4.37 Å². The maximum Gasteiger partial charge on any atom is 0.335 e. The van der Waals surface area contributed by atoms with E-state index in [1.807, 2.05) is 13.0 Å². The van der Waals surface area contributed by atoms with Crippen LogP contribution in [0.2, 0.25) is 0 Å². The summed E-state index contributed by atoms with van der Waals surface area (Å²) >= 11 is 2.93. The molecule has 4 nitrogen and oxygen atoms in total. The molecule has 0 radical (unpaired) electrons. The van der Waals surface area contributed by atoms with Crippen LogP contribution in [0.1, 0.15) is 21.7 Å². The van der Waals surface area contributed by atoms with Crippen molar-refractivity contribution in [3.05, 3.63) is 41.2 Å². The standard InChI is InChI=1S/C11H10N2O2S2/c1-7-12-11(17-13-7)16-6-8-3-2-4-9(5-8)10(14)15/h2-5H,6H2,1H3,(H,14,15). The van der Waals surface area contributed by atoms with Gasteiger partial charge in [-0.15, -0.1) is 0 Å². The first-order valence-electron chi connectivity index (χ1n) is 4.90. The fourth-order valence-electron chi connectivity index (χ4n) is 1.28. The van der Waals surface area contributed by atoms with Gasteiger partial charge in [0.15, 0.2) is 4.34 Å². The maximum atomic E-state index is 10.8. The molecule has 88 valence electrons. The summed E-state index contributed by atoms with van der Waals surface area (Å²) < 4.78 is 5.00. The first-order chi connectivity index (χ1) is 8.15. The third-order valence-corrected chi connectivity index (χ3v) is 4.04. The number of nitrogens with zero attached hydrogens (tertiary/aromatic N) is 2. The number of hydrogen-bond donors (Lipinski definition) is 1. The van der Waals surface area contributed by atoms with Crippen molar-refractivity contribution in [2.75, 3.05) is 0 Å². The molecule has 1 aromatic heterocycles. The number of hydrogen-bond acceptors (Lipinski definition) is 5. The molecular weight excluding hydrogens is 256 g/mol. The number of carbonyl (C=O) groups is 1. The lowest BCUT2D eigenvalue weighted by Crippen LogP contribution is -1.96. The monoisotopic (exact) mass is 266 g/mol. The first kappa shape index (κ1) is 12.1. The van der Waals surface area contributed by atoms with Gasteiger partial charge in [0, 0.05) is 5.75 Å². The van der Waals surface area contributed by atoms with Crippen molar-refractivity contribution in [2.45, 2.75) is 17.0 Å². The van der Waals surface area contributed by atoms with E-state index in [1.165, 1.54) is 11.5 Å². The molecule has 0 atom stereocenters. The van der Waals surface area contributed by atoms with Crippen LogP contribution in [0.15, 0.2) is 28.6 Å². The van der Waals surface area contributed by atoms with Crippen molar-refractivity contribution in [1.29, 1.82) is 0 Å². The van der Waals surface area contributed by atoms with Gasteiger partial charge < -0.3 is 5.11 Å². The fourth-order valence-corrected chi connectivity index (χ4v) is 2.87. The Balaban J connectivity index is 2.04. The first-order valence-corrected chi connectivity index (χ1v) is 6.66. The van der Waals surface area contributed by atoms with Crippen LogP contribution in [0.3, 0.4) is 0 Å². The lowest BCUT2D eigenvalue weighted by atomic mass is 10.1. The molecule has 1 heterocycles. The lowest BCUT2D eigenvalue weighted by molar-refractivity contribution is 0.0697. The van der Waals surface area contributed by atoms with E-state index in [0.29, 0.717) is 11.3 Å². The van der Waals surface area contributed by atoms with Crippen molar-refractivity contribution in [3.63, 3.8) is 0 Å². The number of aryl methyl sites for hydroxylation is 1. The Morgan fingerprint density at radius 3 is 3.00 bits per heavy atom. The minimum atomic E-state index is -0.899. The summed E-state index contributed by atoms with van der Waals surface area (Å²) in [6, 6.07) is 6.94. The highest BCUT2D eigenvalue weighted by Crippen LogP contribution is 2.24. The van der Waals surface area contributed by atoms with Gasteiger partial charge in [0.2, 0.25) is 0 Å². The van der Waals surface area contributed by atoms with Gasteiger partial charge in [0.1, 0.15) is 5.82 Å². The minimum absolute atomic E-state index is 0.316. The molecule has 0 aliphatic heterocycles. The molecule has 6 heteroatoms. The summed E-state index contributed by atoms with van der Waals surface area (Å²) in [7, 11) is 0. The molecular formula is C11H10N2O2S2. The molecule has 0 spiro atoms. The second-order valence-electron chi connectivity index (χ2n) is 3.40. The molecule has 0 unspecified atom stereocenters. The Labute approximate surface area is 107 Å². The van der Waals surface area contributed by atoms with Crippen LogP contribution in [-0.4, -0.2) is 20.4 Å². The van der Waals surface area contributed by atoms with Crippen molar-refractivity contribution in [3.8, 4) is 0 Å². The molecule has 0 amide bonds. The average molecular weight is 266 g/mol. The van der Waals surface area contributed by atoms with Crippen LogP contribution >= 0.6 is 23.3 Å². The number of aromatic nitrogens is 2. The van der Waals surface area contributed by atoms with Gasteiger partial charge in [0.25, 0.3) is 0 Å². The Hall–Kier alpha value is -1.40. The van der Waals surface area contributed by atoms with Crippen LogP contribution in [0.25, 0.3) is 0 Å². The normalized spacial score (nSPS) is 10.4. The Morgan fingerprint density at radius 2 is 2.35 bits per heavy atom. The van der Waals surface area contributed by atoms with Crippen LogP contribution in [0.4, 0.5) is 0 Å². The number of thioether (sulfide) groups is 1. The van der Waals surface area contributed by atoms with Crippen LogP contribution in [0, 0.1) is 6.92 Å². The van der Waals surface area contributed by atoms with Gasteiger partial charge in [-0.25, -0.2) is 9.78 Å². The molecule has 0 bridgehead atoms. The van der Waals surface area contributed by atoms with Gasteiger partial charge in [-0.1, -0.05) is 23.9 Å². The van der Waals surface area contributed by atoms with E-state index in [0.717, 1.165) is 15.7 Å². The summed E-state index contributed by atoms with van der Waals surface area (Å²) in [5.74, 6) is 0.579. The molecule has 2 aromatic rings. The molecule has 1 N–H and O–H groups in total. The smallest absolute Gasteiger partial charge is 0.335 e. The topological polar surface area (TPSA) is 63.1 Å². The van der Waals surface area contributed by atoms with Crippen LogP contribution in [0.5, 0.6) is 0 Å². The van der Waals surface area contributed by atoms with Crippen molar-refractivity contribution >= 4 is 29.3 Å². The Bertz CT molecular complexity index is 540. The highest BCUT2D eigenvalue weighted by atomic mass is 32.2. The van der Waals surface area contributed by atoms with E-state index in [9.17, 15) is 4.79 Å². The number of aromatic carboxylic acids is 1. The second kappa shape index (κ2) is 5.29. The Morgan fingerprint density at radius 1 is 1.53 bits per heavy atom. The van der Waals surface area contributed by atoms with Crippen molar-refractivity contribution in [1.82, 2.24) is 9.36 Å². The van der Waals surface area contributed by atoms with E-state index in [1.54, 1.807) is 30.0 Å². The zero-order chi connectivity index (χ0) is 12.3. The predicted octanol–water partition coefficient (Wildman–Crippen LogP) is 2.84. The second-order valence-corrected chi connectivity index (χ2v) is 5.38. The zero-order valence-electron chi connectivity index (χ0n) is 9.08. The third kappa shape index (κ3) is 3.28. The Kier molecular flexibility index (Phi) is 3.75. The summed E-state index contributed by atoms with van der Waals surface area (Å²) in [5.41, 5.74) is 1.29. The maximum absolute atomic E-state index is 10.8. The minimum Gasteiger partial charge on any atom is -0.478 e. The largest absolute Gasteiger partial charge is 0.478 e. The van der Waals surface area contributed by atoms with Gasteiger partial charge in [-0.3, -0.25) is 0 Å². The molecule has 0 saturated carbocycles. The van der Waals surface area contributed by atoms with Gasteiger partial charge in [-0.05, 0) is 36.2 Å². The molecule has 0 saturated heterocycles.